The van der Waals surface area contributed by atoms with Crippen molar-refractivity contribution in [1.82, 2.24) is 4.90 Å². The maximum Gasteiger partial charge on any atom is 0.312 e. The summed E-state index contributed by atoms with van der Waals surface area (Å²) in [5.74, 6) is -0.279. The Balaban J connectivity index is 2.00. The summed E-state index contributed by atoms with van der Waals surface area (Å²) in [6.07, 6.45) is 0.949. The fourth-order valence-corrected chi connectivity index (χ4v) is 2.90. The second-order valence-electron chi connectivity index (χ2n) is 6.04. The van der Waals surface area contributed by atoms with E-state index in [1.165, 1.54) is 19.2 Å². The van der Waals surface area contributed by atoms with Crippen molar-refractivity contribution in [1.29, 1.82) is 0 Å². The van der Waals surface area contributed by atoms with E-state index < -0.39 is 0 Å². The van der Waals surface area contributed by atoms with Gasteiger partial charge in [-0.05, 0) is 44.9 Å². The molecule has 0 saturated carbocycles. The number of nitrogens with zero attached hydrogens (tertiary/aromatic N) is 1. The maximum atomic E-state index is 13.2. The predicted octanol–water partition coefficient (Wildman–Crippen LogP) is 2.72. The van der Waals surface area contributed by atoms with Crippen LogP contribution in [-0.4, -0.2) is 43.7 Å². The number of halogens is 1. The molecule has 1 aliphatic heterocycles. The van der Waals surface area contributed by atoms with Crippen LogP contribution in [0.15, 0.2) is 24.3 Å². The standard InChI is InChI=1S/C17H24FNO3/c1-12(2)19-8-7-13(10-19)16(17(20)21-3)11-22-15-6-4-5-14(18)9-15/h4-6,9,12-13,16H,7-8,10-11H2,1-3H3. The van der Waals surface area contributed by atoms with Gasteiger partial charge in [0.25, 0.3) is 0 Å². The Morgan fingerprint density at radius 2 is 2.23 bits per heavy atom. The van der Waals surface area contributed by atoms with Gasteiger partial charge in [-0.15, -0.1) is 0 Å². The van der Waals surface area contributed by atoms with Gasteiger partial charge in [0, 0.05) is 18.7 Å². The van der Waals surface area contributed by atoms with E-state index in [4.69, 9.17) is 9.47 Å². The number of likely N-dealkylation sites (tertiary alicyclic amines) is 1. The molecule has 2 rings (SSSR count). The molecule has 2 atom stereocenters. The van der Waals surface area contributed by atoms with E-state index in [0.717, 1.165) is 19.5 Å². The third-order valence-electron chi connectivity index (χ3n) is 4.29. The predicted molar refractivity (Wildman–Crippen MR) is 82.2 cm³/mol. The monoisotopic (exact) mass is 309 g/mol. The summed E-state index contributed by atoms with van der Waals surface area (Å²) in [7, 11) is 1.40. The first-order valence-electron chi connectivity index (χ1n) is 7.71. The Kier molecular flexibility index (Phi) is 5.77. The number of methoxy groups -OCH3 is 1. The lowest BCUT2D eigenvalue weighted by atomic mass is 9.92. The van der Waals surface area contributed by atoms with Crippen LogP contribution < -0.4 is 4.74 Å². The quantitative estimate of drug-likeness (QED) is 0.758. The summed E-state index contributed by atoms with van der Waals surface area (Å²) in [5, 5.41) is 0. The van der Waals surface area contributed by atoms with Crippen LogP contribution in [0.25, 0.3) is 0 Å². The fraction of sp³-hybridized carbons (Fsp3) is 0.588. The minimum atomic E-state index is -0.348. The van der Waals surface area contributed by atoms with Gasteiger partial charge in [-0.2, -0.15) is 0 Å². The van der Waals surface area contributed by atoms with Crippen molar-refractivity contribution in [2.24, 2.45) is 11.8 Å². The van der Waals surface area contributed by atoms with Crippen molar-refractivity contribution >= 4 is 5.97 Å². The topological polar surface area (TPSA) is 38.8 Å². The van der Waals surface area contributed by atoms with Gasteiger partial charge in [-0.25, -0.2) is 4.39 Å². The van der Waals surface area contributed by atoms with Gasteiger partial charge in [0.1, 0.15) is 18.2 Å². The van der Waals surface area contributed by atoms with Gasteiger partial charge in [-0.3, -0.25) is 4.79 Å². The van der Waals surface area contributed by atoms with E-state index in [2.05, 4.69) is 18.7 Å². The van der Waals surface area contributed by atoms with Crippen molar-refractivity contribution in [2.75, 3.05) is 26.8 Å². The highest BCUT2D eigenvalue weighted by molar-refractivity contribution is 5.73. The van der Waals surface area contributed by atoms with E-state index in [9.17, 15) is 9.18 Å². The number of carbonyl (C=O) groups is 1. The van der Waals surface area contributed by atoms with E-state index in [0.29, 0.717) is 11.8 Å². The fourth-order valence-electron chi connectivity index (χ4n) is 2.90. The number of benzene rings is 1. The first kappa shape index (κ1) is 16.7. The Morgan fingerprint density at radius 1 is 1.45 bits per heavy atom. The molecular formula is C17H24FNO3. The van der Waals surface area contributed by atoms with Crippen LogP contribution in [0.2, 0.25) is 0 Å². The Labute approximate surface area is 131 Å². The van der Waals surface area contributed by atoms with Crippen molar-refractivity contribution < 1.29 is 18.7 Å². The zero-order chi connectivity index (χ0) is 16.1. The number of hydrogen-bond acceptors (Lipinski definition) is 4. The van der Waals surface area contributed by atoms with E-state index in [1.54, 1.807) is 12.1 Å². The molecule has 0 amide bonds. The third-order valence-corrected chi connectivity index (χ3v) is 4.29. The van der Waals surface area contributed by atoms with Crippen molar-refractivity contribution in [3.8, 4) is 5.75 Å². The van der Waals surface area contributed by atoms with Gasteiger partial charge in [0.15, 0.2) is 0 Å². The van der Waals surface area contributed by atoms with Crippen LogP contribution in [0.1, 0.15) is 20.3 Å². The molecule has 0 N–H and O–H groups in total. The highest BCUT2D eigenvalue weighted by Gasteiger charge is 2.35. The second-order valence-corrected chi connectivity index (χ2v) is 6.04. The minimum absolute atomic E-state index is 0.211. The molecule has 1 aromatic carbocycles. The number of hydrogen-bond donors (Lipinski definition) is 0. The van der Waals surface area contributed by atoms with Crippen LogP contribution in [0.4, 0.5) is 4.39 Å². The number of carbonyl (C=O) groups excluding carboxylic acids is 1. The summed E-state index contributed by atoms with van der Waals surface area (Å²) >= 11 is 0. The third kappa shape index (κ3) is 4.19. The lowest BCUT2D eigenvalue weighted by molar-refractivity contribution is -0.148. The Hall–Kier alpha value is -1.62. The molecule has 1 fully saturated rings. The SMILES string of the molecule is COC(=O)C(COc1cccc(F)c1)C1CCN(C(C)C)C1. The molecule has 22 heavy (non-hydrogen) atoms. The van der Waals surface area contributed by atoms with Gasteiger partial charge in [-0.1, -0.05) is 6.07 Å². The van der Waals surface area contributed by atoms with Gasteiger partial charge in [0.05, 0.1) is 13.0 Å². The van der Waals surface area contributed by atoms with Gasteiger partial charge < -0.3 is 14.4 Å². The molecule has 1 aliphatic rings. The smallest absolute Gasteiger partial charge is 0.312 e. The Morgan fingerprint density at radius 3 is 2.82 bits per heavy atom. The lowest BCUT2D eigenvalue weighted by Gasteiger charge is -2.24. The van der Waals surface area contributed by atoms with E-state index in [-0.39, 0.29) is 30.2 Å². The van der Waals surface area contributed by atoms with Crippen LogP contribution in [0, 0.1) is 17.7 Å². The molecule has 0 aliphatic carbocycles. The normalized spacial score (nSPS) is 20.1. The molecule has 2 unspecified atom stereocenters. The molecule has 1 aromatic rings. The zero-order valence-corrected chi connectivity index (χ0v) is 13.4. The lowest BCUT2D eigenvalue weighted by Crippen LogP contribution is -2.34. The number of esters is 1. The first-order chi connectivity index (χ1) is 10.5. The maximum absolute atomic E-state index is 13.2. The average Bonchev–Trinajstić information content (AvgIpc) is 2.97. The molecule has 0 spiro atoms. The molecule has 1 heterocycles. The molecule has 0 radical (unpaired) electrons. The summed E-state index contributed by atoms with van der Waals surface area (Å²) in [6.45, 7) is 6.37. The minimum Gasteiger partial charge on any atom is -0.493 e. The summed E-state index contributed by atoms with van der Waals surface area (Å²) in [6, 6.07) is 6.43. The molecule has 0 bridgehead atoms. The van der Waals surface area contributed by atoms with Crippen LogP contribution >= 0.6 is 0 Å². The van der Waals surface area contributed by atoms with Gasteiger partial charge >= 0.3 is 5.97 Å². The largest absolute Gasteiger partial charge is 0.493 e. The summed E-state index contributed by atoms with van der Waals surface area (Å²) < 4.78 is 23.7. The zero-order valence-electron chi connectivity index (χ0n) is 13.4. The van der Waals surface area contributed by atoms with Crippen molar-refractivity contribution in [3.63, 3.8) is 0 Å². The van der Waals surface area contributed by atoms with Crippen LogP contribution in [-0.2, 0) is 9.53 Å². The summed E-state index contributed by atoms with van der Waals surface area (Å²) in [4.78, 5) is 14.4. The molecule has 122 valence electrons. The highest BCUT2D eigenvalue weighted by Crippen LogP contribution is 2.27. The van der Waals surface area contributed by atoms with Crippen molar-refractivity contribution in [3.05, 3.63) is 30.1 Å². The van der Waals surface area contributed by atoms with Crippen molar-refractivity contribution in [2.45, 2.75) is 26.3 Å². The van der Waals surface area contributed by atoms with E-state index in [1.807, 2.05) is 0 Å². The average molecular weight is 309 g/mol. The molecular weight excluding hydrogens is 285 g/mol. The van der Waals surface area contributed by atoms with Crippen LogP contribution in [0.5, 0.6) is 5.75 Å². The number of ether oxygens (including phenoxy) is 2. The Bertz CT molecular complexity index is 506. The van der Waals surface area contributed by atoms with Crippen LogP contribution in [0.3, 0.4) is 0 Å². The molecule has 1 saturated heterocycles. The second kappa shape index (κ2) is 7.58. The molecule has 4 nitrogen and oxygen atoms in total. The number of rotatable bonds is 6. The van der Waals surface area contributed by atoms with Gasteiger partial charge in [0.2, 0.25) is 0 Å². The molecule has 0 aromatic heterocycles. The first-order valence-corrected chi connectivity index (χ1v) is 7.71. The summed E-state index contributed by atoms with van der Waals surface area (Å²) in [5.41, 5.74) is 0. The van der Waals surface area contributed by atoms with E-state index >= 15 is 0 Å². The molecule has 5 heteroatoms. The highest BCUT2D eigenvalue weighted by atomic mass is 19.1.